The van der Waals surface area contributed by atoms with Crippen LogP contribution < -0.4 is 5.32 Å². The van der Waals surface area contributed by atoms with E-state index in [1.54, 1.807) is 0 Å². The highest BCUT2D eigenvalue weighted by Gasteiger charge is 2.03. The van der Waals surface area contributed by atoms with Crippen molar-refractivity contribution >= 4 is 21.6 Å². The minimum absolute atomic E-state index is 0.708. The SMILES string of the molecule is Cc1cc(C#N)ccc1CNc1cccc(Br)c1C. The van der Waals surface area contributed by atoms with Gasteiger partial charge in [0, 0.05) is 16.7 Å². The van der Waals surface area contributed by atoms with Crippen molar-refractivity contribution in [2.45, 2.75) is 20.4 Å². The van der Waals surface area contributed by atoms with E-state index < -0.39 is 0 Å². The Bertz CT molecular complexity index is 642. The number of nitriles is 1. The minimum Gasteiger partial charge on any atom is -0.381 e. The van der Waals surface area contributed by atoms with E-state index >= 15 is 0 Å². The second-order valence-electron chi connectivity index (χ2n) is 4.52. The predicted octanol–water partition coefficient (Wildman–Crippen LogP) is 4.55. The quantitative estimate of drug-likeness (QED) is 0.902. The molecule has 0 saturated heterocycles. The first kappa shape index (κ1) is 13.6. The number of hydrogen-bond acceptors (Lipinski definition) is 2. The van der Waals surface area contributed by atoms with Crippen molar-refractivity contribution in [3.05, 3.63) is 63.1 Å². The third kappa shape index (κ3) is 3.15. The summed E-state index contributed by atoms with van der Waals surface area (Å²) in [6, 6.07) is 14.1. The fraction of sp³-hybridized carbons (Fsp3) is 0.188. The largest absolute Gasteiger partial charge is 0.381 e. The molecule has 0 aliphatic carbocycles. The molecule has 0 aliphatic rings. The highest BCUT2D eigenvalue weighted by molar-refractivity contribution is 9.10. The summed E-state index contributed by atoms with van der Waals surface area (Å²) < 4.78 is 1.11. The Hall–Kier alpha value is -1.79. The van der Waals surface area contributed by atoms with Crippen molar-refractivity contribution in [2.24, 2.45) is 0 Å². The van der Waals surface area contributed by atoms with Crippen molar-refractivity contribution in [3.63, 3.8) is 0 Å². The van der Waals surface area contributed by atoms with Gasteiger partial charge in [-0.3, -0.25) is 0 Å². The van der Waals surface area contributed by atoms with E-state index in [1.807, 2.05) is 37.3 Å². The number of aryl methyl sites for hydroxylation is 1. The normalized spacial score (nSPS) is 10.0. The molecule has 0 unspecified atom stereocenters. The number of benzene rings is 2. The lowest BCUT2D eigenvalue weighted by atomic mass is 10.1. The van der Waals surface area contributed by atoms with Crippen LogP contribution in [0.1, 0.15) is 22.3 Å². The van der Waals surface area contributed by atoms with Crippen LogP contribution in [0.4, 0.5) is 5.69 Å². The average molecular weight is 315 g/mol. The lowest BCUT2D eigenvalue weighted by Crippen LogP contribution is -2.03. The van der Waals surface area contributed by atoms with Crippen LogP contribution in [-0.4, -0.2) is 0 Å². The predicted molar refractivity (Wildman–Crippen MR) is 82.1 cm³/mol. The maximum absolute atomic E-state index is 8.86. The number of hydrogen-bond donors (Lipinski definition) is 1. The summed E-state index contributed by atoms with van der Waals surface area (Å²) in [5.41, 5.74) is 5.38. The molecule has 0 saturated carbocycles. The molecule has 2 nitrogen and oxygen atoms in total. The molecule has 0 aromatic heterocycles. The molecular weight excluding hydrogens is 300 g/mol. The average Bonchev–Trinajstić information content (AvgIpc) is 2.41. The number of rotatable bonds is 3. The Morgan fingerprint density at radius 1 is 1.21 bits per heavy atom. The van der Waals surface area contributed by atoms with Crippen LogP contribution in [-0.2, 0) is 6.54 Å². The zero-order valence-corrected chi connectivity index (χ0v) is 12.6. The van der Waals surface area contributed by atoms with Crippen LogP contribution in [0.15, 0.2) is 40.9 Å². The molecule has 2 rings (SSSR count). The summed E-state index contributed by atoms with van der Waals surface area (Å²) in [4.78, 5) is 0. The standard InChI is InChI=1S/C16H15BrN2/c1-11-8-13(9-18)6-7-14(11)10-19-16-5-3-4-15(17)12(16)2/h3-8,19H,10H2,1-2H3. The summed E-state index contributed by atoms with van der Waals surface area (Å²) >= 11 is 3.53. The van der Waals surface area contributed by atoms with Gasteiger partial charge >= 0.3 is 0 Å². The smallest absolute Gasteiger partial charge is 0.0991 e. The highest BCUT2D eigenvalue weighted by Crippen LogP contribution is 2.24. The molecule has 0 radical (unpaired) electrons. The van der Waals surface area contributed by atoms with Crippen molar-refractivity contribution in [1.29, 1.82) is 5.26 Å². The van der Waals surface area contributed by atoms with Crippen LogP contribution in [0, 0.1) is 25.2 Å². The Labute approximate surface area is 122 Å². The molecule has 0 aliphatic heterocycles. The van der Waals surface area contributed by atoms with E-state index in [0.717, 1.165) is 22.3 Å². The van der Waals surface area contributed by atoms with Gasteiger partial charge in [-0.25, -0.2) is 0 Å². The zero-order valence-electron chi connectivity index (χ0n) is 11.0. The van der Waals surface area contributed by atoms with Crippen molar-refractivity contribution in [1.82, 2.24) is 0 Å². The van der Waals surface area contributed by atoms with Gasteiger partial charge in [0.25, 0.3) is 0 Å². The zero-order chi connectivity index (χ0) is 13.8. The van der Waals surface area contributed by atoms with Crippen LogP contribution in [0.25, 0.3) is 0 Å². The Balaban J connectivity index is 2.15. The first-order valence-corrected chi connectivity index (χ1v) is 6.89. The van der Waals surface area contributed by atoms with E-state index in [4.69, 9.17) is 5.26 Å². The second-order valence-corrected chi connectivity index (χ2v) is 5.37. The number of nitrogens with zero attached hydrogens (tertiary/aromatic N) is 1. The van der Waals surface area contributed by atoms with Gasteiger partial charge in [0.05, 0.1) is 11.6 Å². The van der Waals surface area contributed by atoms with Gasteiger partial charge in [-0.2, -0.15) is 5.26 Å². The number of nitrogens with one attached hydrogen (secondary N) is 1. The van der Waals surface area contributed by atoms with Gasteiger partial charge in [-0.1, -0.05) is 28.1 Å². The van der Waals surface area contributed by atoms with Crippen LogP contribution >= 0.6 is 15.9 Å². The summed E-state index contributed by atoms with van der Waals surface area (Å²) in [7, 11) is 0. The lowest BCUT2D eigenvalue weighted by Gasteiger charge is -2.12. The van der Waals surface area contributed by atoms with E-state index in [1.165, 1.54) is 11.1 Å². The maximum atomic E-state index is 8.86. The van der Waals surface area contributed by atoms with Crippen molar-refractivity contribution < 1.29 is 0 Å². The second kappa shape index (κ2) is 5.90. The molecular formula is C16H15BrN2. The molecule has 19 heavy (non-hydrogen) atoms. The molecule has 0 spiro atoms. The third-order valence-electron chi connectivity index (χ3n) is 3.21. The van der Waals surface area contributed by atoms with Crippen molar-refractivity contribution in [3.8, 4) is 6.07 Å². The van der Waals surface area contributed by atoms with Gasteiger partial charge < -0.3 is 5.32 Å². The fourth-order valence-corrected chi connectivity index (χ4v) is 2.32. The molecule has 0 fully saturated rings. The molecule has 1 N–H and O–H groups in total. The summed E-state index contributed by atoms with van der Waals surface area (Å²) in [5.74, 6) is 0. The Kier molecular flexibility index (Phi) is 4.24. The molecule has 3 heteroatoms. The van der Waals surface area contributed by atoms with Crippen molar-refractivity contribution in [2.75, 3.05) is 5.32 Å². The summed E-state index contributed by atoms with van der Waals surface area (Å²) in [6.45, 7) is 4.87. The monoisotopic (exact) mass is 314 g/mol. The lowest BCUT2D eigenvalue weighted by molar-refractivity contribution is 1.11. The molecule has 0 heterocycles. The van der Waals surface area contributed by atoms with Gasteiger partial charge in [0.2, 0.25) is 0 Å². The first-order chi connectivity index (χ1) is 9.11. The van der Waals surface area contributed by atoms with Gasteiger partial charge in [-0.15, -0.1) is 0 Å². The summed E-state index contributed by atoms with van der Waals surface area (Å²) in [6.07, 6.45) is 0. The van der Waals surface area contributed by atoms with E-state index in [0.29, 0.717) is 5.56 Å². The van der Waals surface area contributed by atoms with Gasteiger partial charge in [0.15, 0.2) is 0 Å². The van der Waals surface area contributed by atoms with Crippen LogP contribution in [0.2, 0.25) is 0 Å². The Morgan fingerprint density at radius 2 is 2.00 bits per heavy atom. The topological polar surface area (TPSA) is 35.8 Å². The molecule has 0 bridgehead atoms. The maximum Gasteiger partial charge on any atom is 0.0991 e. The van der Waals surface area contributed by atoms with E-state index in [2.05, 4.69) is 40.3 Å². The first-order valence-electron chi connectivity index (χ1n) is 6.10. The molecule has 2 aromatic rings. The summed E-state index contributed by atoms with van der Waals surface area (Å²) in [5, 5.41) is 12.3. The van der Waals surface area contributed by atoms with Gasteiger partial charge in [0.1, 0.15) is 0 Å². The molecule has 0 amide bonds. The molecule has 96 valence electrons. The molecule has 0 atom stereocenters. The minimum atomic E-state index is 0.708. The van der Waals surface area contributed by atoms with Gasteiger partial charge in [-0.05, 0) is 54.8 Å². The number of anilines is 1. The Morgan fingerprint density at radius 3 is 2.68 bits per heavy atom. The fourth-order valence-electron chi connectivity index (χ4n) is 1.95. The number of halogens is 1. The van der Waals surface area contributed by atoms with Crippen LogP contribution in [0.3, 0.4) is 0 Å². The highest BCUT2D eigenvalue weighted by atomic mass is 79.9. The van der Waals surface area contributed by atoms with E-state index in [9.17, 15) is 0 Å². The van der Waals surface area contributed by atoms with E-state index in [-0.39, 0.29) is 0 Å². The van der Waals surface area contributed by atoms with Crippen LogP contribution in [0.5, 0.6) is 0 Å². The third-order valence-corrected chi connectivity index (χ3v) is 4.07. The molecule has 2 aromatic carbocycles.